The summed E-state index contributed by atoms with van der Waals surface area (Å²) >= 11 is 0. The molecule has 0 heterocycles. The van der Waals surface area contributed by atoms with E-state index in [0.717, 1.165) is 25.0 Å². The van der Waals surface area contributed by atoms with Crippen LogP contribution in [0.25, 0.3) is 0 Å². The summed E-state index contributed by atoms with van der Waals surface area (Å²) in [6, 6.07) is 10.5. The summed E-state index contributed by atoms with van der Waals surface area (Å²) in [4.78, 5) is 12.5. The van der Waals surface area contributed by atoms with Crippen LogP contribution >= 0.6 is 0 Å². The van der Waals surface area contributed by atoms with Crippen molar-refractivity contribution in [3.8, 4) is 23.0 Å². The number of benzene rings is 2. The second-order valence-corrected chi connectivity index (χ2v) is 5.95. The Morgan fingerprint density at radius 2 is 1.56 bits per heavy atom. The monoisotopic (exact) mass is 373 g/mol. The molecule has 2 rings (SSSR count). The summed E-state index contributed by atoms with van der Waals surface area (Å²) in [6.45, 7) is 2.84. The number of rotatable bonds is 10. The van der Waals surface area contributed by atoms with Gasteiger partial charge in [-0.05, 0) is 30.7 Å². The average Bonchev–Trinajstić information content (AvgIpc) is 2.70. The van der Waals surface area contributed by atoms with Gasteiger partial charge in [-0.15, -0.1) is 0 Å². The SMILES string of the molecule is CCCCCOc1ccc(C(=O)Nc2cc(OC)c(OC)c(OC)c2)cc1. The first kappa shape index (κ1) is 20.4. The zero-order valence-electron chi connectivity index (χ0n) is 16.3. The Morgan fingerprint density at radius 3 is 2.07 bits per heavy atom. The average molecular weight is 373 g/mol. The number of methoxy groups -OCH3 is 3. The third kappa shape index (κ3) is 5.54. The van der Waals surface area contributed by atoms with Gasteiger partial charge in [0, 0.05) is 23.4 Å². The molecule has 0 aliphatic rings. The highest BCUT2D eigenvalue weighted by Gasteiger charge is 2.15. The van der Waals surface area contributed by atoms with Gasteiger partial charge in [-0.25, -0.2) is 0 Å². The van der Waals surface area contributed by atoms with E-state index in [1.807, 2.05) is 0 Å². The maximum atomic E-state index is 12.5. The van der Waals surface area contributed by atoms with Gasteiger partial charge in [0.05, 0.1) is 27.9 Å². The Morgan fingerprint density at radius 1 is 0.926 bits per heavy atom. The molecule has 0 bridgehead atoms. The summed E-state index contributed by atoms with van der Waals surface area (Å²) < 4.78 is 21.6. The lowest BCUT2D eigenvalue weighted by Crippen LogP contribution is -2.12. The fourth-order valence-electron chi connectivity index (χ4n) is 2.60. The molecule has 0 unspecified atom stereocenters. The maximum absolute atomic E-state index is 12.5. The highest BCUT2D eigenvalue weighted by Crippen LogP contribution is 2.40. The Kier molecular flexibility index (Phi) is 7.79. The Hall–Kier alpha value is -2.89. The number of hydrogen-bond donors (Lipinski definition) is 1. The van der Waals surface area contributed by atoms with Gasteiger partial charge < -0.3 is 24.3 Å². The van der Waals surface area contributed by atoms with Crippen molar-refractivity contribution < 1.29 is 23.7 Å². The number of carbonyl (C=O) groups is 1. The quantitative estimate of drug-likeness (QED) is 0.620. The van der Waals surface area contributed by atoms with Crippen molar-refractivity contribution in [2.24, 2.45) is 0 Å². The van der Waals surface area contributed by atoms with Gasteiger partial charge in [0.2, 0.25) is 5.75 Å². The number of amides is 1. The van der Waals surface area contributed by atoms with E-state index in [1.165, 1.54) is 21.3 Å². The molecule has 0 radical (unpaired) electrons. The lowest BCUT2D eigenvalue weighted by molar-refractivity contribution is 0.102. The fourth-order valence-corrected chi connectivity index (χ4v) is 2.60. The normalized spacial score (nSPS) is 10.2. The fraction of sp³-hybridized carbons (Fsp3) is 0.381. The van der Waals surface area contributed by atoms with E-state index in [2.05, 4.69) is 12.2 Å². The number of carbonyl (C=O) groups excluding carboxylic acids is 1. The van der Waals surface area contributed by atoms with Gasteiger partial charge in [-0.2, -0.15) is 0 Å². The standard InChI is InChI=1S/C21H27NO5/c1-5-6-7-12-27-17-10-8-15(9-11-17)21(23)22-16-13-18(24-2)20(26-4)19(14-16)25-3/h8-11,13-14H,5-7,12H2,1-4H3,(H,22,23). The molecule has 2 aromatic carbocycles. The van der Waals surface area contributed by atoms with Gasteiger partial charge in [-0.1, -0.05) is 19.8 Å². The summed E-state index contributed by atoms with van der Waals surface area (Å²) in [7, 11) is 4.59. The molecule has 1 amide bonds. The molecule has 0 saturated carbocycles. The second kappa shape index (κ2) is 10.3. The van der Waals surface area contributed by atoms with Gasteiger partial charge in [-0.3, -0.25) is 4.79 Å². The molecular formula is C21H27NO5. The predicted octanol–water partition coefficient (Wildman–Crippen LogP) is 4.53. The number of hydrogen-bond acceptors (Lipinski definition) is 5. The summed E-state index contributed by atoms with van der Waals surface area (Å²) in [5.41, 5.74) is 1.08. The lowest BCUT2D eigenvalue weighted by atomic mass is 10.2. The minimum atomic E-state index is -0.234. The predicted molar refractivity (Wildman–Crippen MR) is 106 cm³/mol. The Bertz CT molecular complexity index is 718. The van der Waals surface area contributed by atoms with Gasteiger partial charge in [0.1, 0.15) is 5.75 Å². The number of unbranched alkanes of at least 4 members (excludes halogenated alkanes) is 2. The van der Waals surface area contributed by atoms with Crippen LogP contribution in [0.1, 0.15) is 36.5 Å². The molecule has 0 fully saturated rings. The Balaban J connectivity index is 2.06. The first-order chi connectivity index (χ1) is 13.1. The first-order valence-electron chi connectivity index (χ1n) is 8.97. The van der Waals surface area contributed by atoms with Crippen molar-refractivity contribution in [3.63, 3.8) is 0 Å². The zero-order chi connectivity index (χ0) is 19.6. The third-order valence-electron chi connectivity index (χ3n) is 4.06. The van der Waals surface area contributed by atoms with E-state index in [9.17, 15) is 4.79 Å². The molecule has 146 valence electrons. The molecule has 0 saturated heterocycles. The van der Waals surface area contributed by atoms with Crippen LogP contribution in [-0.4, -0.2) is 33.8 Å². The first-order valence-corrected chi connectivity index (χ1v) is 8.97. The van der Waals surface area contributed by atoms with Crippen LogP contribution in [0.15, 0.2) is 36.4 Å². The molecular weight excluding hydrogens is 346 g/mol. The van der Waals surface area contributed by atoms with Crippen LogP contribution < -0.4 is 24.3 Å². The van der Waals surface area contributed by atoms with Crippen molar-refractivity contribution in [2.75, 3.05) is 33.3 Å². The van der Waals surface area contributed by atoms with E-state index in [-0.39, 0.29) is 5.91 Å². The molecule has 0 aliphatic carbocycles. The van der Waals surface area contributed by atoms with E-state index >= 15 is 0 Å². The molecule has 0 atom stereocenters. The molecule has 27 heavy (non-hydrogen) atoms. The minimum absolute atomic E-state index is 0.234. The molecule has 0 aromatic heterocycles. The van der Waals surface area contributed by atoms with Crippen molar-refractivity contribution in [3.05, 3.63) is 42.0 Å². The van der Waals surface area contributed by atoms with Gasteiger partial charge in [0.15, 0.2) is 11.5 Å². The number of nitrogens with one attached hydrogen (secondary N) is 1. The molecule has 6 nitrogen and oxygen atoms in total. The van der Waals surface area contributed by atoms with Gasteiger partial charge in [0.25, 0.3) is 5.91 Å². The second-order valence-electron chi connectivity index (χ2n) is 5.95. The molecule has 2 aromatic rings. The molecule has 0 aliphatic heterocycles. The molecule has 0 spiro atoms. The summed E-state index contributed by atoms with van der Waals surface area (Å²) in [5, 5.41) is 2.84. The van der Waals surface area contributed by atoms with Crippen LogP contribution in [0.4, 0.5) is 5.69 Å². The minimum Gasteiger partial charge on any atom is -0.494 e. The molecule has 1 N–H and O–H groups in total. The smallest absolute Gasteiger partial charge is 0.255 e. The van der Waals surface area contributed by atoms with Crippen molar-refractivity contribution in [1.29, 1.82) is 0 Å². The van der Waals surface area contributed by atoms with Crippen LogP contribution in [0.2, 0.25) is 0 Å². The maximum Gasteiger partial charge on any atom is 0.255 e. The summed E-state index contributed by atoms with van der Waals surface area (Å²) in [6.07, 6.45) is 3.33. The van der Waals surface area contributed by atoms with E-state index < -0.39 is 0 Å². The number of anilines is 1. The van der Waals surface area contributed by atoms with E-state index in [1.54, 1.807) is 36.4 Å². The topological polar surface area (TPSA) is 66.0 Å². The lowest BCUT2D eigenvalue weighted by Gasteiger charge is -2.14. The highest BCUT2D eigenvalue weighted by molar-refractivity contribution is 6.04. The van der Waals surface area contributed by atoms with Crippen molar-refractivity contribution >= 4 is 11.6 Å². The van der Waals surface area contributed by atoms with Crippen LogP contribution in [0, 0.1) is 0 Å². The molecule has 6 heteroatoms. The van der Waals surface area contributed by atoms with E-state index in [4.69, 9.17) is 18.9 Å². The van der Waals surface area contributed by atoms with Crippen molar-refractivity contribution in [1.82, 2.24) is 0 Å². The van der Waals surface area contributed by atoms with Crippen LogP contribution in [0.3, 0.4) is 0 Å². The Labute approximate surface area is 160 Å². The zero-order valence-corrected chi connectivity index (χ0v) is 16.3. The largest absolute Gasteiger partial charge is 0.494 e. The van der Waals surface area contributed by atoms with Crippen LogP contribution in [0.5, 0.6) is 23.0 Å². The van der Waals surface area contributed by atoms with Crippen molar-refractivity contribution in [2.45, 2.75) is 26.2 Å². The van der Waals surface area contributed by atoms with Gasteiger partial charge >= 0.3 is 0 Å². The highest BCUT2D eigenvalue weighted by atomic mass is 16.5. The number of ether oxygens (including phenoxy) is 4. The van der Waals surface area contributed by atoms with Crippen LogP contribution in [-0.2, 0) is 0 Å². The third-order valence-corrected chi connectivity index (χ3v) is 4.06. The summed E-state index contributed by atoms with van der Waals surface area (Å²) in [5.74, 6) is 1.95. The van der Waals surface area contributed by atoms with E-state index in [0.29, 0.717) is 35.1 Å².